The second-order valence-electron chi connectivity index (χ2n) is 10.6. The molecule has 2 aromatic rings. The van der Waals surface area contributed by atoms with Crippen molar-refractivity contribution < 1.29 is 24.5 Å². The Kier molecular flexibility index (Phi) is 13.0. The summed E-state index contributed by atoms with van der Waals surface area (Å²) in [5.41, 5.74) is 2.37. The molecule has 0 saturated carbocycles. The number of allylic oxidation sites excluding steroid dienone is 1. The first-order valence-corrected chi connectivity index (χ1v) is 14.3. The number of hydrogen-bond donors (Lipinski definition) is 2. The third-order valence-corrected chi connectivity index (χ3v) is 7.35. The van der Waals surface area contributed by atoms with Crippen LogP contribution in [-0.4, -0.2) is 78.3 Å². The highest BCUT2D eigenvalue weighted by Gasteiger charge is 2.13. The second kappa shape index (κ2) is 16.7. The predicted molar refractivity (Wildman–Crippen MR) is 155 cm³/mol. The highest BCUT2D eigenvalue weighted by Crippen LogP contribution is 2.24. The van der Waals surface area contributed by atoms with Crippen LogP contribution in [0.3, 0.4) is 0 Å². The quantitative estimate of drug-likeness (QED) is 0.251. The summed E-state index contributed by atoms with van der Waals surface area (Å²) in [4.78, 5) is 27.0. The molecule has 2 aromatic carbocycles. The molecule has 0 aromatic heterocycles. The number of para-hydroxylation sites is 1. The SMILES string of the molecule is CN1CCN(CCCCCOc2ccccc2C=CC(CCCCC(=O)O)Cc2ccc(C(=O)O)cc2)CC1. The van der Waals surface area contributed by atoms with Gasteiger partial charge in [-0.3, -0.25) is 4.79 Å². The van der Waals surface area contributed by atoms with Gasteiger partial charge in [0.15, 0.2) is 0 Å². The smallest absolute Gasteiger partial charge is 0.335 e. The van der Waals surface area contributed by atoms with Gasteiger partial charge in [-0.15, -0.1) is 0 Å². The molecular weight excluding hydrogens is 492 g/mol. The van der Waals surface area contributed by atoms with Crippen LogP contribution in [0.2, 0.25) is 0 Å². The Morgan fingerprint density at radius 3 is 2.38 bits per heavy atom. The first kappa shape index (κ1) is 30.4. The zero-order chi connectivity index (χ0) is 27.9. The molecule has 1 fully saturated rings. The molecule has 1 saturated heterocycles. The van der Waals surface area contributed by atoms with Gasteiger partial charge in [-0.05, 0) is 81.8 Å². The van der Waals surface area contributed by atoms with E-state index in [4.69, 9.17) is 9.84 Å². The van der Waals surface area contributed by atoms with Crippen molar-refractivity contribution in [1.82, 2.24) is 9.80 Å². The first-order chi connectivity index (χ1) is 18.9. The Bertz CT molecular complexity index is 1040. The van der Waals surface area contributed by atoms with Gasteiger partial charge >= 0.3 is 11.9 Å². The Balaban J connectivity index is 1.51. The molecule has 0 spiro atoms. The Hall–Kier alpha value is -3.16. The fourth-order valence-electron chi connectivity index (χ4n) is 4.89. The van der Waals surface area contributed by atoms with Crippen molar-refractivity contribution in [3.8, 4) is 5.75 Å². The number of rotatable bonds is 17. The lowest BCUT2D eigenvalue weighted by Gasteiger charge is -2.32. The predicted octanol–water partition coefficient (Wildman–Crippen LogP) is 5.70. The monoisotopic (exact) mass is 536 g/mol. The second-order valence-corrected chi connectivity index (χ2v) is 10.6. The maximum absolute atomic E-state index is 11.2. The van der Waals surface area contributed by atoms with Gasteiger partial charge in [-0.1, -0.05) is 48.9 Å². The van der Waals surface area contributed by atoms with Crippen LogP contribution in [0.15, 0.2) is 54.6 Å². The summed E-state index contributed by atoms with van der Waals surface area (Å²) in [5, 5.41) is 18.1. The van der Waals surface area contributed by atoms with E-state index in [-0.39, 0.29) is 17.9 Å². The Morgan fingerprint density at radius 1 is 0.923 bits per heavy atom. The van der Waals surface area contributed by atoms with Crippen LogP contribution < -0.4 is 4.74 Å². The summed E-state index contributed by atoms with van der Waals surface area (Å²) in [7, 11) is 2.19. The maximum Gasteiger partial charge on any atom is 0.335 e. The van der Waals surface area contributed by atoms with Crippen molar-refractivity contribution in [2.45, 2.75) is 51.4 Å². The number of ether oxygens (including phenoxy) is 1. The van der Waals surface area contributed by atoms with Gasteiger partial charge in [0.1, 0.15) is 5.75 Å². The van der Waals surface area contributed by atoms with E-state index in [2.05, 4.69) is 35.1 Å². The summed E-state index contributed by atoms with van der Waals surface area (Å²) in [6.07, 6.45) is 10.9. The molecule has 1 aliphatic rings. The van der Waals surface area contributed by atoms with Gasteiger partial charge in [0.05, 0.1) is 12.2 Å². The largest absolute Gasteiger partial charge is 0.493 e. The van der Waals surface area contributed by atoms with Crippen molar-refractivity contribution in [3.63, 3.8) is 0 Å². The molecule has 0 radical (unpaired) electrons. The van der Waals surface area contributed by atoms with Crippen molar-refractivity contribution in [1.29, 1.82) is 0 Å². The Morgan fingerprint density at radius 2 is 1.67 bits per heavy atom. The summed E-state index contributed by atoms with van der Waals surface area (Å²) >= 11 is 0. The number of piperazine rings is 1. The molecular formula is C32H44N2O5. The number of likely N-dealkylation sites (N-methyl/N-ethyl adjacent to an activating group) is 1. The highest BCUT2D eigenvalue weighted by atomic mass is 16.5. The maximum atomic E-state index is 11.2. The lowest BCUT2D eigenvalue weighted by molar-refractivity contribution is -0.137. The van der Waals surface area contributed by atoms with E-state index in [0.717, 1.165) is 62.1 Å². The van der Waals surface area contributed by atoms with Gasteiger partial charge in [0, 0.05) is 38.2 Å². The minimum atomic E-state index is -0.932. The molecule has 212 valence electrons. The lowest BCUT2D eigenvalue weighted by Crippen LogP contribution is -2.44. The topological polar surface area (TPSA) is 90.3 Å². The number of benzene rings is 2. The molecule has 0 amide bonds. The zero-order valence-corrected chi connectivity index (χ0v) is 23.3. The van der Waals surface area contributed by atoms with E-state index in [1.807, 2.05) is 30.3 Å². The number of aliphatic carboxylic acids is 1. The summed E-state index contributed by atoms with van der Waals surface area (Å²) in [6.45, 7) is 6.52. The van der Waals surface area contributed by atoms with Crippen LogP contribution >= 0.6 is 0 Å². The number of carboxylic acids is 2. The normalized spacial score (nSPS) is 15.4. The summed E-state index contributed by atoms with van der Waals surface area (Å²) in [6, 6.07) is 15.1. The number of nitrogens with zero attached hydrogens (tertiary/aromatic N) is 2. The molecule has 7 nitrogen and oxygen atoms in total. The van der Waals surface area contributed by atoms with E-state index < -0.39 is 11.9 Å². The fourth-order valence-corrected chi connectivity index (χ4v) is 4.89. The third kappa shape index (κ3) is 11.6. The average Bonchev–Trinajstić information content (AvgIpc) is 2.93. The Labute approximate surface area is 233 Å². The molecule has 0 bridgehead atoms. The molecule has 39 heavy (non-hydrogen) atoms. The van der Waals surface area contributed by atoms with Gasteiger partial charge < -0.3 is 24.7 Å². The van der Waals surface area contributed by atoms with Crippen LogP contribution in [0.4, 0.5) is 0 Å². The number of carboxylic acid groups (broad SMARTS) is 2. The average molecular weight is 537 g/mol. The van der Waals surface area contributed by atoms with Gasteiger partial charge in [0.2, 0.25) is 0 Å². The van der Waals surface area contributed by atoms with Crippen molar-refractivity contribution >= 4 is 18.0 Å². The molecule has 1 aliphatic heterocycles. The number of hydrogen-bond acceptors (Lipinski definition) is 5. The van der Waals surface area contributed by atoms with Crippen molar-refractivity contribution in [3.05, 3.63) is 71.3 Å². The molecule has 3 rings (SSSR count). The van der Waals surface area contributed by atoms with Crippen LogP contribution in [0.25, 0.3) is 6.08 Å². The van der Waals surface area contributed by atoms with Gasteiger partial charge in [-0.25, -0.2) is 4.79 Å². The van der Waals surface area contributed by atoms with E-state index in [0.29, 0.717) is 13.0 Å². The minimum Gasteiger partial charge on any atom is -0.493 e. The highest BCUT2D eigenvalue weighted by molar-refractivity contribution is 5.87. The molecule has 1 atom stereocenters. The summed E-state index contributed by atoms with van der Waals surface area (Å²) < 4.78 is 6.16. The lowest BCUT2D eigenvalue weighted by atomic mass is 9.92. The van der Waals surface area contributed by atoms with E-state index in [9.17, 15) is 14.7 Å². The first-order valence-electron chi connectivity index (χ1n) is 14.3. The van der Waals surface area contributed by atoms with Crippen molar-refractivity contribution in [2.75, 3.05) is 46.4 Å². The van der Waals surface area contributed by atoms with Crippen LogP contribution in [0.1, 0.15) is 66.4 Å². The summed E-state index contributed by atoms with van der Waals surface area (Å²) in [5.74, 6) is -0.615. The van der Waals surface area contributed by atoms with Crippen LogP contribution in [0.5, 0.6) is 5.75 Å². The number of aromatic carboxylic acids is 1. The molecule has 1 heterocycles. The van der Waals surface area contributed by atoms with E-state index >= 15 is 0 Å². The standard InChI is InChI=1S/C32H44N2O5/c1-33-20-22-34(23-21-33)19-7-2-8-24-39-30-11-5-4-10-28(30)16-13-26(9-3-6-12-31(35)36)25-27-14-17-29(18-15-27)32(37)38/h4-5,10-11,13-18,26H,2-3,6-9,12,19-25H2,1H3,(H,35,36)(H,37,38). The third-order valence-electron chi connectivity index (χ3n) is 7.35. The molecule has 7 heteroatoms. The van der Waals surface area contributed by atoms with Gasteiger partial charge in [0.25, 0.3) is 0 Å². The van der Waals surface area contributed by atoms with Gasteiger partial charge in [-0.2, -0.15) is 0 Å². The van der Waals surface area contributed by atoms with Crippen LogP contribution in [0, 0.1) is 5.92 Å². The van der Waals surface area contributed by atoms with E-state index in [1.165, 1.54) is 26.1 Å². The van der Waals surface area contributed by atoms with Crippen LogP contribution in [-0.2, 0) is 11.2 Å². The number of unbranched alkanes of at least 4 members (excludes halogenated alkanes) is 3. The van der Waals surface area contributed by atoms with E-state index in [1.54, 1.807) is 12.1 Å². The molecule has 0 aliphatic carbocycles. The number of carbonyl (C=O) groups is 2. The zero-order valence-electron chi connectivity index (χ0n) is 23.3. The minimum absolute atomic E-state index is 0.176. The fraction of sp³-hybridized carbons (Fsp3) is 0.500. The molecule has 2 N–H and O–H groups in total. The van der Waals surface area contributed by atoms with Crippen molar-refractivity contribution in [2.24, 2.45) is 5.92 Å². The molecule has 1 unspecified atom stereocenters.